The Kier molecular flexibility index (Phi) is 5.15. The molecule has 0 aliphatic carbocycles. The highest BCUT2D eigenvalue weighted by atomic mass is 16.6. The quantitative estimate of drug-likeness (QED) is 0.777. The highest BCUT2D eigenvalue weighted by molar-refractivity contribution is 5.84. The molecule has 5 nitrogen and oxygen atoms in total. The number of nitrogens with two attached hydrogens (primary N) is 1. The Labute approximate surface area is 114 Å². The van der Waals surface area contributed by atoms with E-state index in [-0.39, 0.29) is 6.09 Å². The minimum Gasteiger partial charge on any atom is -0.444 e. The molecule has 2 N–H and O–H groups in total. The van der Waals surface area contributed by atoms with Crippen molar-refractivity contribution in [2.45, 2.75) is 32.8 Å². The van der Waals surface area contributed by atoms with E-state index < -0.39 is 5.60 Å². The van der Waals surface area contributed by atoms with Crippen LogP contribution in [0.4, 0.5) is 4.79 Å². The second kappa shape index (κ2) is 6.41. The summed E-state index contributed by atoms with van der Waals surface area (Å²) in [7, 11) is 1.71. The second-order valence-electron chi connectivity index (χ2n) is 5.42. The number of carbonyl (C=O) groups is 1. The van der Waals surface area contributed by atoms with Crippen molar-refractivity contribution in [2.75, 3.05) is 20.1 Å². The Hall–Kier alpha value is -1.78. The molecule has 0 saturated heterocycles. The molecule has 0 aromatic carbocycles. The van der Waals surface area contributed by atoms with E-state index in [2.05, 4.69) is 4.99 Å². The molecular weight excluding hydrogens is 242 g/mol. The molecule has 1 amide bonds. The maximum Gasteiger partial charge on any atom is 0.410 e. The zero-order chi connectivity index (χ0) is 14.5. The summed E-state index contributed by atoms with van der Waals surface area (Å²) in [5.74, 6) is 0. The van der Waals surface area contributed by atoms with Crippen molar-refractivity contribution in [3.05, 3.63) is 23.4 Å². The van der Waals surface area contributed by atoms with Gasteiger partial charge in [0, 0.05) is 38.1 Å². The molecule has 106 valence electrons. The van der Waals surface area contributed by atoms with Gasteiger partial charge in [0.1, 0.15) is 5.60 Å². The van der Waals surface area contributed by atoms with Crippen molar-refractivity contribution in [1.82, 2.24) is 4.90 Å². The fourth-order valence-corrected chi connectivity index (χ4v) is 1.80. The van der Waals surface area contributed by atoms with Gasteiger partial charge in [-0.15, -0.1) is 0 Å². The van der Waals surface area contributed by atoms with Crippen LogP contribution in [0.3, 0.4) is 0 Å². The van der Waals surface area contributed by atoms with Crippen LogP contribution in [0.15, 0.2) is 28.4 Å². The Bertz CT molecular complexity index is 417. The average molecular weight is 265 g/mol. The first kappa shape index (κ1) is 15.3. The van der Waals surface area contributed by atoms with Crippen LogP contribution < -0.4 is 5.73 Å². The van der Waals surface area contributed by atoms with Gasteiger partial charge in [-0.3, -0.25) is 4.99 Å². The lowest BCUT2D eigenvalue weighted by molar-refractivity contribution is 0.0266. The Morgan fingerprint density at radius 3 is 2.63 bits per heavy atom. The molecule has 0 aromatic rings. The molecule has 1 heterocycles. The van der Waals surface area contributed by atoms with E-state index in [1.165, 1.54) is 0 Å². The number of ether oxygens (including phenoxy) is 1. The van der Waals surface area contributed by atoms with Crippen LogP contribution in [0.1, 0.15) is 27.2 Å². The molecule has 0 radical (unpaired) electrons. The van der Waals surface area contributed by atoms with Crippen LogP contribution in [0.25, 0.3) is 0 Å². The number of amides is 1. The average Bonchev–Trinajstić information content (AvgIpc) is 2.34. The van der Waals surface area contributed by atoms with Crippen molar-refractivity contribution in [3.63, 3.8) is 0 Å². The van der Waals surface area contributed by atoms with Gasteiger partial charge >= 0.3 is 6.09 Å². The lowest BCUT2D eigenvalue weighted by Crippen LogP contribution is -2.39. The molecule has 1 aliphatic heterocycles. The summed E-state index contributed by atoms with van der Waals surface area (Å²) in [6.07, 6.45) is 5.75. The predicted octanol–water partition coefficient (Wildman–Crippen LogP) is 2.10. The third-order valence-electron chi connectivity index (χ3n) is 2.68. The largest absolute Gasteiger partial charge is 0.444 e. The maximum absolute atomic E-state index is 11.9. The molecule has 0 atom stereocenters. The normalized spacial score (nSPS) is 17.6. The van der Waals surface area contributed by atoms with Crippen LogP contribution >= 0.6 is 0 Å². The first-order chi connectivity index (χ1) is 8.87. The zero-order valence-electron chi connectivity index (χ0n) is 12.1. The lowest BCUT2D eigenvalue weighted by atomic mass is 10.0. The van der Waals surface area contributed by atoms with Crippen molar-refractivity contribution < 1.29 is 9.53 Å². The van der Waals surface area contributed by atoms with Crippen molar-refractivity contribution in [1.29, 1.82) is 0 Å². The Morgan fingerprint density at radius 2 is 2.21 bits per heavy atom. The van der Waals surface area contributed by atoms with E-state index in [1.807, 2.05) is 26.8 Å². The van der Waals surface area contributed by atoms with Gasteiger partial charge in [0.05, 0.1) is 0 Å². The molecule has 0 spiro atoms. The van der Waals surface area contributed by atoms with Gasteiger partial charge in [0.15, 0.2) is 0 Å². The summed E-state index contributed by atoms with van der Waals surface area (Å²) in [5, 5.41) is 0. The first-order valence-corrected chi connectivity index (χ1v) is 6.39. The molecule has 0 bridgehead atoms. The fraction of sp³-hybridized carbons (Fsp3) is 0.571. The summed E-state index contributed by atoms with van der Waals surface area (Å²) in [6, 6.07) is 0. The van der Waals surface area contributed by atoms with E-state index >= 15 is 0 Å². The van der Waals surface area contributed by atoms with Gasteiger partial charge in [-0.05, 0) is 32.8 Å². The monoisotopic (exact) mass is 265 g/mol. The molecule has 1 rings (SSSR count). The van der Waals surface area contributed by atoms with Crippen LogP contribution in [0, 0.1) is 0 Å². The van der Waals surface area contributed by atoms with Crippen LogP contribution in [-0.4, -0.2) is 42.9 Å². The van der Waals surface area contributed by atoms with Crippen LogP contribution in [0.5, 0.6) is 0 Å². The minimum absolute atomic E-state index is 0.273. The van der Waals surface area contributed by atoms with Crippen molar-refractivity contribution in [3.8, 4) is 0 Å². The summed E-state index contributed by atoms with van der Waals surface area (Å²) >= 11 is 0. The van der Waals surface area contributed by atoms with E-state index in [4.69, 9.17) is 10.5 Å². The minimum atomic E-state index is -0.460. The van der Waals surface area contributed by atoms with Crippen molar-refractivity contribution >= 4 is 12.3 Å². The lowest BCUT2D eigenvalue weighted by Gasteiger charge is -2.29. The number of hydrogen-bond acceptors (Lipinski definition) is 4. The summed E-state index contributed by atoms with van der Waals surface area (Å²) < 4.78 is 5.34. The fourth-order valence-electron chi connectivity index (χ4n) is 1.80. The summed E-state index contributed by atoms with van der Waals surface area (Å²) in [5.41, 5.74) is 7.14. The van der Waals surface area contributed by atoms with E-state index in [1.54, 1.807) is 24.4 Å². The standard InChI is InChI=1S/C14H23N3O2/c1-14(2,3)19-13(18)17-7-5-11(6-8-17)12(9-15)10-16-4/h5,9-10H,6-8,15H2,1-4H3. The Morgan fingerprint density at radius 1 is 1.53 bits per heavy atom. The van der Waals surface area contributed by atoms with Crippen molar-refractivity contribution in [2.24, 2.45) is 10.7 Å². The summed E-state index contributed by atoms with van der Waals surface area (Å²) in [6.45, 7) is 6.77. The molecular formula is C14H23N3O2. The topological polar surface area (TPSA) is 67.9 Å². The third kappa shape index (κ3) is 4.77. The molecule has 5 heteroatoms. The summed E-state index contributed by atoms with van der Waals surface area (Å²) in [4.78, 5) is 17.5. The molecule has 0 fully saturated rings. The van der Waals surface area contributed by atoms with E-state index in [0.29, 0.717) is 13.1 Å². The second-order valence-corrected chi connectivity index (χ2v) is 5.42. The SMILES string of the molecule is CN=CC(=CN)C1=CCN(C(=O)OC(C)(C)C)CC1. The zero-order valence-corrected chi connectivity index (χ0v) is 12.1. The highest BCUT2D eigenvalue weighted by Gasteiger charge is 2.23. The van der Waals surface area contributed by atoms with E-state index in [0.717, 1.165) is 17.6 Å². The number of hydrogen-bond donors (Lipinski definition) is 1. The molecule has 1 aliphatic rings. The number of rotatable bonds is 2. The number of nitrogens with zero attached hydrogens (tertiary/aromatic N) is 2. The number of allylic oxidation sites excluding steroid dienone is 1. The van der Waals surface area contributed by atoms with Gasteiger partial charge < -0.3 is 15.4 Å². The predicted molar refractivity (Wildman–Crippen MR) is 77.2 cm³/mol. The van der Waals surface area contributed by atoms with Gasteiger partial charge in [0.25, 0.3) is 0 Å². The van der Waals surface area contributed by atoms with Crippen LogP contribution in [-0.2, 0) is 4.74 Å². The molecule has 0 saturated carbocycles. The molecule has 19 heavy (non-hydrogen) atoms. The van der Waals surface area contributed by atoms with Gasteiger partial charge in [-0.2, -0.15) is 0 Å². The first-order valence-electron chi connectivity index (χ1n) is 6.39. The van der Waals surface area contributed by atoms with Gasteiger partial charge in [-0.1, -0.05) is 6.08 Å². The molecule has 0 aromatic heterocycles. The highest BCUT2D eigenvalue weighted by Crippen LogP contribution is 2.19. The molecule has 0 unspecified atom stereocenters. The Balaban J connectivity index is 2.65. The van der Waals surface area contributed by atoms with Gasteiger partial charge in [-0.25, -0.2) is 4.79 Å². The van der Waals surface area contributed by atoms with Crippen LogP contribution in [0.2, 0.25) is 0 Å². The third-order valence-corrected chi connectivity index (χ3v) is 2.68. The number of aliphatic imine (C=N–C) groups is 1. The smallest absolute Gasteiger partial charge is 0.410 e. The van der Waals surface area contributed by atoms with E-state index in [9.17, 15) is 4.79 Å². The maximum atomic E-state index is 11.9. The number of carbonyl (C=O) groups excluding carboxylic acids is 1. The van der Waals surface area contributed by atoms with Gasteiger partial charge in [0.2, 0.25) is 0 Å².